The highest BCUT2D eigenvalue weighted by molar-refractivity contribution is 7.80. The third kappa shape index (κ3) is 3.61. The molecule has 102 valence electrons. The summed E-state index contributed by atoms with van der Waals surface area (Å²) < 4.78 is 0. The fourth-order valence-electron chi connectivity index (χ4n) is 1.78. The molecule has 1 amide bonds. The topological polar surface area (TPSA) is 68.0 Å². The molecule has 0 unspecified atom stereocenters. The van der Waals surface area contributed by atoms with Crippen LogP contribution in [0.15, 0.2) is 42.6 Å². The highest BCUT2D eigenvalue weighted by Gasteiger charge is 2.06. The van der Waals surface area contributed by atoms with Gasteiger partial charge in [-0.1, -0.05) is 36.5 Å². The first-order valence-corrected chi connectivity index (χ1v) is 6.57. The molecule has 2 aromatic rings. The minimum absolute atomic E-state index is 0.0795. The highest BCUT2D eigenvalue weighted by atomic mass is 32.1. The molecule has 1 aromatic heterocycles. The van der Waals surface area contributed by atoms with E-state index in [9.17, 15) is 4.79 Å². The molecule has 0 saturated carbocycles. The number of thiocarbonyl (C=S) groups is 1. The molecule has 3 N–H and O–H groups in total. The van der Waals surface area contributed by atoms with Crippen molar-refractivity contribution in [2.45, 2.75) is 13.3 Å². The number of carbonyl (C=O) groups is 1. The molecule has 0 fully saturated rings. The molecule has 0 aliphatic carbocycles. The number of amides is 1. The number of nitrogens with one attached hydrogen (secondary N) is 1. The molecule has 0 bridgehead atoms. The number of hydrogen-bond donors (Lipinski definition) is 2. The van der Waals surface area contributed by atoms with Gasteiger partial charge in [0.05, 0.1) is 17.8 Å². The molecule has 1 aromatic carbocycles. The van der Waals surface area contributed by atoms with Crippen molar-refractivity contribution in [3.63, 3.8) is 0 Å². The van der Waals surface area contributed by atoms with Gasteiger partial charge in [-0.25, -0.2) is 0 Å². The van der Waals surface area contributed by atoms with Gasteiger partial charge in [-0.15, -0.1) is 0 Å². The molecular weight excluding hydrogens is 270 g/mol. The van der Waals surface area contributed by atoms with Gasteiger partial charge >= 0.3 is 0 Å². The lowest BCUT2D eigenvalue weighted by molar-refractivity contribution is -0.115. The molecule has 0 radical (unpaired) electrons. The maximum absolute atomic E-state index is 12.0. The van der Waals surface area contributed by atoms with Crippen LogP contribution in [0.5, 0.6) is 0 Å². The Morgan fingerprint density at radius 2 is 2.00 bits per heavy atom. The standard InChI is InChI=1S/C15H15N3OS/c1-10-13(3-2-8-17-10)18-14(19)9-11-4-6-12(7-5-11)15(16)20/h2-8H,9H2,1H3,(H2,16,20)(H,18,19). The second kappa shape index (κ2) is 6.25. The zero-order valence-electron chi connectivity index (χ0n) is 11.1. The average Bonchev–Trinajstić information content (AvgIpc) is 2.42. The number of anilines is 1. The number of nitrogens with two attached hydrogens (primary N) is 1. The summed E-state index contributed by atoms with van der Waals surface area (Å²) in [5, 5.41) is 2.84. The van der Waals surface area contributed by atoms with E-state index in [4.69, 9.17) is 18.0 Å². The molecular formula is C15H15N3OS. The van der Waals surface area contributed by atoms with Crippen molar-refractivity contribution in [2.24, 2.45) is 5.73 Å². The summed E-state index contributed by atoms with van der Waals surface area (Å²) in [6, 6.07) is 11.0. The van der Waals surface area contributed by atoms with Crippen LogP contribution < -0.4 is 11.1 Å². The van der Waals surface area contributed by atoms with Gasteiger partial charge in [0.15, 0.2) is 0 Å². The van der Waals surface area contributed by atoms with Crippen molar-refractivity contribution in [3.05, 3.63) is 59.4 Å². The van der Waals surface area contributed by atoms with Crippen LogP contribution in [0.3, 0.4) is 0 Å². The molecule has 20 heavy (non-hydrogen) atoms. The van der Waals surface area contributed by atoms with Crippen LogP contribution in [0, 0.1) is 6.92 Å². The van der Waals surface area contributed by atoms with E-state index in [0.717, 1.165) is 22.5 Å². The summed E-state index contributed by atoms with van der Waals surface area (Å²) in [6.07, 6.45) is 1.99. The lowest BCUT2D eigenvalue weighted by Crippen LogP contribution is -2.15. The molecule has 0 aliphatic heterocycles. The van der Waals surface area contributed by atoms with Crippen LogP contribution in [0.1, 0.15) is 16.8 Å². The monoisotopic (exact) mass is 285 g/mol. The Morgan fingerprint density at radius 3 is 2.60 bits per heavy atom. The normalized spacial score (nSPS) is 10.1. The van der Waals surface area contributed by atoms with Gasteiger partial charge in [-0.3, -0.25) is 9.78 Å². The first-order chi connectivity index (χ1) is 9.56. The van der Waals surface area contributed by atoms with Crippen LogP contribution in [0.2, 0.25) is 0 Å². The zero-order valence-corrected chi connectivity index (χ0v) is 11.9. The van der Waals surface area contributed by atoms with E-state index in [0.29, 0.717) is 11.4 Å². The summed E-state index contributed by atoms with van der Waals surface area (Å²) in [4.78, 5) is 16.4. The van der Waals surface area contributed by atoms with Crippen molar-refractivity contribution in [3.8, 4) is 0 Å². The van der Waals surface area contributed by atoms with Crippen molar-refractivity contribution in [2.75, 3.05) is 5.32 Å². The largest absolute Gasteiger partial charge is 0.389 e. The Hall–Kier alpha value is -2.27. The van der Waals surface area contributed by atoms with E-state index in [2.05, 4.69) is 10.3 Å². The minimum atomic E-state index is -0.0795. The van der Waals surface area contributed by atoms with E-state index >= 15 is 0 Å². The Morgan fingerprint density at radius 1 is 1.30 bits per heavy atom. The molecule has 0 aliphatic rings. The van der Waals surface area contributed by atoms with Crippen molar-refractivity contribution in [1.29, 1.82) is 0 Å². The Bertz CT molecular complexity index is 638. The third-order valence-electron chi connectivity index (χ3n) is 2.88. The van der Waals surface area contributed by atoms with E-state index in [1.807, 2.05) is 37.3 Å². The fourth-order valence-corrected chi connectivity index (χ4v) is 1.92. The lowest BCUT2D eigenvalue weighted by Gasteiger charge is -2.07. The van der Waals surface area contributed by atoms with Crippen molar-refractivity contribution < 1.29 is 4.79 Å². The van der Waals surface area contributed by atoms with E-state index in [1.54, 1.807) is 12.3 Å². The van der Waals surface area contributed by atoms with Crippen LogP contribution >= 0.6 is 12.2 Å². The number of rotatable bonds is 4. The molecule has 4 nitrogen and oxygen atoms in total. The third-order valence-corrected chi connectivity index (χ3v) is 3.12. The maximum atomic E-state index is 12.0. The first-order valence-electron chi connectivity index (χ1n) is 6.16. The number of pyridine rings is 1. The van der Waals surface area contributed by atoms with Gasteiger partial charge in [0.1, 0.15) is 4.99 Å². The van der Waals surface area contributed by atoms with Crippen LogP contribution in [0.25, 0.3) is 0 Å². The smallest absolute Gasteiger partial charge is 0.228 e. The van der Waals surface area contributed by atoms with Crippen LogP contribution in [-0.4, -0.2) is 15.9 Å². The number of carbonyl (C=O) groups excluding carboxylic acids is 1. The summed E-state index contributed by atoms with van der Waals surface area (Å²) in [7, 11) is 0. The average molecular weight is 285 g/mol. The summed E-state index contributed by atoms with van der Waals surface area (Å²) in [5.74, 6) is -0.0795. The highest BCUT2D eigenvalue weighted by Crippen LogP contribution is 2.11. The first kappa shape index (κ1) is 14.1. The minimum Gasteiger partial charge on any atom is -0.389 e. The molecule has 0 spiro atoms. The van der Waals surface area contributed by atoms with Gasteiger partial charge in [-0.05, 0) is 24.6 Å². The predicted molar refractivity (Wildman–Crippen MR) is 83.6 cm³/mol. The number of benzene rings is 1. The van der Waals surface area contributed by atoms with Crippen LogP contribution in [0.4, 0.5) is 5.69 Å². The lowest BCUT2D eigenvalue weighted by atomic mass is 10.1. The van der Waals surface area contributed by atoms with Gasteiger partial charge in [0.2, 0.25) is 5.91 Å². The number of hydrogen-bond acceptors (Lipinski definition) is 3. The quantitative estimate of drug-likeness (QED) is 0.845. The summed E-state index contributed by atoms with van der Waals surface area (Å²) in [5.41, 5.74) is 8.76. The Kier molecular flexibility index (Phi) is 4.42. The number of nitrogens with zero attached hydrogens (tertiary/aromatic N) is 1. The molecule has 2 rings (SSSR count). The maximum Gasteiger partial charge on any atom is 0.228 e. The van der Waals surface area contributed by atoms with Gasteiger partial charge in [-0.2, -0.15) is 0 Å². The van der Waals surface area contributed by atoms with Crippen molar-refractivity contribution in [1.82, 2.24) is 4.98 Å². The van der Waals surface area contributed by atoms with E-state index in [1.165, 1.54) is 0 Å². The van der Waals surface area contributed by atoms with Gasteiger partial charge in [0, 0.05) is 11.8 Å². The molecule has 0 atom stereocenters. The molecule has 1 heterocycles. The number of aromatic nitrogens is 1. The van der Waals surface area contributed by atoms with Crippen LogP contribution in [-0.2, 0) is 11.2 Å². The van der Waals surface area contributed by atoms with Gasteiger partial charge < -0.3 is 11.1 Å². The second-order valence-corrected chi connectivity index (χ2v) is 4.86. The summed E-state index contributed by atoms with van der Waals surface area (Å²) >= 11 is 4.89. The zero-order chi connectivity index (χ0) is 14.5. The fraction of sp³-hybridized carbons (Fsp3) is 0.133. The summed E-state index contributed by atoms with van der Waals surface area (Å²) in [6.45, 7) is 1.85. The van der Waals surface area contributed by atoms with E-state index in [-0.39, 0.29) is 5.91 Å². The number of aryl methyl sites for hydroxylation is 1. The predicted octanol–water partition coefficient (Wildman–Crippen LogP) is 2.21. The van der Waals surface area contributed by atoms with E-state index < -0.39 is 0 Å². The van der Waals surface area contributed by atoms with Gasteiger partial charge in [0.25, 0.3) is 0 Å². The Balaban J connectivity index is 2.01. The Labute approximate surface area is 123 Å². The SMILES string of the molecule is Cc1ncccc1NC(=O)Cc1ccc(C(N)=S)cc1. The molecule has 5 heteroatoms. The second-order valence-electron chi connectivity index (χ2n) is 4.42. The van der Waals surface area contributed by atoms with Crippen molar-refractivity contribution >= 4 is 28.8 Å². The molecule has 0 saturated heterocycles.